The third-order valence-corrected chi connectivity index (χ3v) is 4.95. The average Bonchev–Trinajstić information content (AvgIpc) is 3.03. The summed E-state index contributed by atoms with van der Waals surface area (Å²) in [5.41, 5.74) is 6.41. The Morgan fingerprint density at radius 3 is 2.63 bits per heavy atom. The number of hydrogen-bond acceptors (Lipinski definition) is 4. The van der Waals surface area contributed by atoms with Crippen LogP contribution in [-0.4, -0.2) is 52.5 Å². The zero-order valence-electron chi connectivity index (χ0n) is 15.1. The van der Waals surface area contributed by atoms with E-state index in [0.717, 1.165) is 16.3 Å². The number of rotatable bonds is 5. The molecule has 7 nitrogen and oxygen atoms in total. The van der Waals surface area contributed by atoms with E-state index < -0.39 is 30.0 Å². The third kappa shape index (κ3) is 4.09. The van der Waals surface area contributed by atoms with Crippen LogP contribution in [-0.2, 0) is 20.8 Å². The second-order valence-corrected chi connectivity index (χ2v) is 6.88. The first-order chi connectivity index (χ1) is 12.9. The number of nitrogens with two attached hydrogens (primary N) is 1. The van der Waals surface area contributed by atoms with Crippen molar-refractivity contribution in [3.05, 3.63) is 48.0 Å². The Balaban J connectivity index is 1.79. The van der Waals surface area contributed by atoms with Gasteiger partial charge in [-0.3, -0.25) is 14.4 Å². The van der Waals surface area contributed by atoms with Crippen LogP contribution in [0.25, 0.3) is 10.8 Å². The zero-order valence-corrected chi connectivity index (χ0v) is 15.1. The molecule has 0 spiro atoms. The zero-order chi connectivity index (χ0) is 19.6. The second kappa shape index (κ2) is 7.75. The smallest absolute Gasteiger partial charge is 0.243 e. The lowest BCUT2D eigenvalue weighted by atomic mass is 9.98. The minimum atomic E-state index is -0.908. The quantitative estimate of drug-likeness (QED) is 0.705. The molecule has 3 atom stereocenters. The molecule has 1 heterocycles. The van der Waals surface area contributed by atoms with E-state index in [9.17, 15) is 19.5 Å². The molecule has 0 unspecified atom stereocenters. The number of β-amino-alcohol motifs (C(OH)–C–C–N with tert-alkyl or cyclic N) is 1. The molecule has 2 aromatic rings. The summed E-state index contributed by atoms with van der Waals surface area (Å²) in [5.74, 6) is -1.42. The predicted molar refractivity (Wildman–Crippen MR) is 101 cm³/mol. The minimum Gasteiger partial charge on any atom is -0.391 e. The van der Waals surface area contributed by atoms with Crippen LogP contribution in [0.3, 0.4) is 0 Å². The van der Waals surface area contributed by atoms with E-state index in [0.29, 0.717) is 0 Å². The van der Waals surface area contributed by atoms with Crippen LogP contribution in [0.2, 0.25) is 0 Å². The molecule has 1 aliphatic heterocycles. The van der Waals surface area contributed by atoms with Gasteiger partial charge in [0.15, 0.2) is 0 Å². The topological polar surface area (TPSA) is 113 Å². The van der Waals surface area contributed by atoms with Crippen LogP contribution in [0.4, 0.5) is 0 Å². The second-order valence-electron chi connectivity index (χ2n) is 6.88. The molecular formula is C20H23N3O4. The van der Waals surface area contributed by atoms with E-state index in [1.165, 1.54) is 11.8 Å². The van der Waals surface area contributed by atoms with Crippen molar-refractivity contribution < 1.29 is 19.5 Å². The number of fused-ring (bicyclic) bond motifs is 1. The van der Waals surface area contributed by atoms with Gasteiger partial charge in [0.2, 0.25) is 17.7 Å². The normalized spacial score (nSPS) is 20.4. The number of carbonyl (C=O) groups is 3. The number of carbonyl (C=O) groups excluding carboxylic acids is 3. The molecule has 0 aromatic heterocycles. The molecule has 3 rings (SSSR count). The van der Waals surface area contributed by atoms with Gasteiger partial charge in [-0.1, -0.05) is 42.5 Å². The first kappa shape index (κ1) is 18.8. The van der Waals surface area contributed by atoms with Crippen LogP contribution < -0.4 is 11.1 Å². The monoisotopic (exact) mass is 369 g/mol. The van der Waals surface area contributed by atoms with E-state index in [1.54, 1.807) is 0 Å². The van der Waals surface area contributed by atoms with Gasteiger partial charge >= 0.3 is 0 Å². The number of nitrogens with zero attached hydrogens (tertiary/aromatic N) is 1. The molecule has 1 aliphatic rings. The van der Waals surface area contributed by atoms with Crippen LogP contribution in [0.5, 0.6) is 0 Å². The molecule has 142 valence electrons. The molecule has 0 bridgehead atoms. The highest BCUT2D eigenvalue weighted by molar-refractivity contribution is 5.92. The molecule has 2 aromatic carbocycles. The Bertz CT molecular complexity index is 877. The van der Waals surface area contributed by atoms with Crippen LogP contribution in [0.1, 0.15) is 18.9 Å². The molecule has 27 heavy (non-hydrogen) atoms. The molecule has 4 N–H and O–H groups in total. The number of aliphatic hydroxyl groups is 1. The van der Waals surface area contributed by atoms with E-state index in [4.69, 9.17) is 5.73 Å². The van der Waals surface area contributed by atoms with E-state index >= 15 is 0 Å². The van der Waals surface area contributed by atoms with Crippen LogP contribution >= 0.6 is 0 Å². The number of benzene rings is 2. The van der Waals surface area contributed by atoms with Gasteiger partial charge in [-0.25, -0.2) is 0 Å². The Kier molecular flexibility index (Phi) is 5.41. The van der Waals surface area contributed by atoms with Gasteiger partial charge in [-0.15, -0.1) is 0 Å². The molecule has 0 saturated carbocycles. The fourth-order valence-electron chi connectivity index (χ4n) is 3.59. The predicted octanol–water partition coefficient (Wildman–Crippen LogP) is 0.334. The standard InChI is InChI=1S/C20H23N3O4/c1-12(24)23-11-15(25)10-18(23)20(27)22-17(19(21)26)9-14-7-4-6-13-5-2-3-8-16(13)14/h2-8,15,17-18,25H,9-11H2,1H3,(H2,21,26)(H,22,27)/t15-,17-,18+/m1/s1. The third-order valence-electron chi connectivity index (χ3n) is 4.95. The largest absolute Gasteiger partial charge is 0.391 e. The lowest BCUT2D eigenvalue weighted by molar-refractivity contribution is -0.138. The fraction of sp³-hybridized carbons (Fsp3) is 0.350. The lowest BCUT2D eigenvalue weighted by Crippen LogP contribution is -2.52. The lowest BCUT2D eigenvalue weighted by Gasteiger charge is -2.24. The Morgan fingerprint density at radius 1 is 1.22 bits per heavy atom. The maximum absolute atomic E-state index is 12.7. The molecule has 0 radical (unpaired) electrons. The molecule has 1 fully saturated rings. The summed E-state index contributed by atoms with van der Waals surface area (Å²) in [4.78, 5) is 37.6. The van der Waals surface area contributed by atoms with E-state index in [2.05, 4.69) is 5.32 Å². The van der Waals surface area contributed by atoms with Gasteiger partial charge in [0, 0.05) is 26.3 Å². The summed E-state index contributed by atoms with van der Waals surface area (Å²) in [5, 5.41) is 14.5. The maximum Gasteiger partial charge on any atom is 0.243 e. The van der Waals surface area contributed by atoms with E-state index in [1.807, 2.05) is 42.5 Å². The van der Waals surface area contributed by atoms with Crippen molar-refractivity contribution in [2.45, 2.75) is 38.0 Å². The average molecular weight is 369 g/mol. The minimum absolute atomic E-state index is 0.109. The molecule has 7 heteroatoms. The highest BCUT2D eigenvalue weighted by Crippen LogP contribution is 2.21. The van der Waals surface area contributed by atoms with Gasteiger partial charge in [-0.2, -0.15) is 0 Å². The SMILES string of the molecule is CC(=O)N1C[C@H](O)C[C@H]1C(=O)N[C@H](Cc1cccc2ccccc12)C(N)=O. The van der Waals surface area contributed by atoms with Crippen molar-refractivity contribution >= 4 is 28.5 Å². The first-order valence-corrected chi connectivity index (χ1v) is 8.88. The number of likely N-dealkylation sites (tertiary alicyclic amines) is 1. The van der Waals surface area contributed by atoms with Crippen molar-refractivity contribution in [2.75, 3.05) is 6.54 Å². The summed E-state index contributed by atoms with van der Waals surface area (Å²) >= 11 is 0. The van der Waals surface area contributed by atoms with E-state index in [-0.39, 0.29) is 25.3 Å². The summed E-state index contributed by atoms with van der Waals surface area (Å²) in [6.45, 7) is 1.46. The number of nitrogens with one attached hydrogen (secondary N) is 1. The van der Waals surface area contributed by atoms with Crippen molar-refractivity contribution in [2.24, 2.45) is 5.73 Å². The number of primary amides is 1. The molecule has 1 saturated heterocycles. The Labute approximate surface area is 157 Å². The number of aliphatic hydroxyl groups excluding tert-OH is 1. The molecular weight excluding hydrogens is 346 g/mol. The van der Waals surface area contributed by atoms with Crippen molar-refractivity contribution in [1.29, 1.82) is 0 Å². The maximum atomic E-state index is 12.7. The van der Waals surface area contributed by atoms with Gasteiger partial charge in [0.25, 0.3) is 0 Å². The van der Waals surface area contributed by atoms with Crippen LogP contribution in [0.15, 0.2) is 42.5 Å². The van der Waals surface area contributed by atoms with Crippen molar-refractivity contribution in [3.63, 3.8) is 0 Å². The fourth-order valence-corrected chi connectivity index (χ4v) is 3.59. The number of amides is 3. The highest BCUT2D eigenvalue weighted by atomic mass is 16.3. The van der Waals surface area contributed by atoms with Gasteiger partial charge < -0.3 is 21.1 Å². The highest BCUT2D eigenvalue weighted by Gasteiger charge is 2.38. The first-order valence-electron chi connectivity index (χ1n) is 8.88. The summed E-state index contributed by atoms with van der Waals surface area (Å²) < 4.78 is 0. The van der Waals surface area contributed by atoms with Gasteiger partial charge in [0.1, 0.15) is 12.1 Å². The van der Waals surface area contributed by atoms with Gasteiger partial charge in [0.05, 0.1) is 6.10 Å². The molecule has 3 amide bonds. The van der Waals surface area contributed by atoms with Crippen molar-refractivity contribution in [3.8, 4) is 0 Å². The van der Waals surface area contributed by atoms with Gasteiger partial charge in [-0.05, 0) is 16.3 Å². The summed E-state index contributed by atoms with van der Waals surface area (Å²) in [7, 11) is 0. The van der Waals surface area contributed by atoms with Crippen LogP contribution in [0, 0.1) is 0 Å². The summed E-state index contributed by atoms with van der Waals surface area (Å²) in [6.07, 6.45) is -0.363. The Hall–Kier alpha value is -2.93. The number of hydrogen-bond donors (Lipinski definition) is 3. The van der Waals surface area contributed by atoms with Crippen molar-refractivity contribution in [1.82, 2.24) is 10.2 Å². The molecule has 0 aliphatic carbocycles. The Morgan fingerprint density at radius 2 is 1.93 bits per heavy atom. The summed E-state index contributed by atoms with van der Waals surface area (Å²) in [6, 6.07) is 11.8.